The van der Waals surface area contributed by atoms with Crippen molar-refractivity contribution in [2.75, 3.05) is 19.6 Å². The molecule has 32 heavy (non-hydrogen) atoms. The van der Waals surface area contributed by atoms with E-state index in [-0.39, 0.29) is 29.3 Å². The molecule has 8 heteroatoms. The number of rotatable bonds is 8. The molecule has 1 fully saturated rings. The van der Waals surface area contributed by atoms with Crippen LogP contribution in [-0.2, 0) is 21.2 Å². The predicted molar refractivity (Wildman–Crippen MR) is 122 cm³/mol. The normalized spacial score (nSPS) is 14.5. The molecule has 2 aromatic carbocycles. The number of hydrogen-bond acceptors (Lipinski definition) is 4. The topological polar surface area (TPSA) is 95.6 Å². The fourth-order valence-electron chi connectivity index (χ4n) is 3.61. The van der Waals surface area contributed by atoms with Crippen LogP contribution >= 0.6 is 0 Å². The standard InChI is InChI=1S/C24H27N3O4S/c1-2-16-25-32(30,31)22-11-9-20(10-12-22)24(29)27-17-14-21(15-18-27)26-23(28)13-8-19-6-4-3-5-7-19/h1,3-7,9-12,21,25H,8,13-18H2,(H,26,28). The number of terminal acetylenes is 1. The zero-order chi connectivity index (χ0) is 23.0. The lowest BCUT2D eigenvalue weighted by atomic mass is 10.0. The van der Waals surface area contributed by atoms with Crippen molar-refractivity contribution in [1.29, 1.82) is 0 Å². The average molecular weight is 454 g/mol. The molecule has 0 unspecified atom stereocenters. The molecule has 0 saturated carbocycles. The van der Waals surface area contributed by atoms with Gasteiger partial charge in [0.25, 0.3) is 5.91 Å². The van der Waals surface area contributed by atoms with Crippen LogP contribution in [0, 0.1) is 12.3 Å². The molecule has 0 atom stereocenters. The second kappa shape index (κ2) is 10.9. The van der Waals surface area contributed by atoms with E-state index in [1.54, 1.807) is 4.90 Å². The number of nitrogens with zero attached hydrogens (tertiary/aromatic N) is 1. The minimum absolute atomic E-state index is 0.0221. The highest BCUT2D eigenvalue weighted by Gasteiger charge is 2.25. The molecule has 1 aliphatic rings. The summed E-state index contributed by atoms with van der Waals surface area (Å²) < 4.78 is 26.5. The summed E-state index contributed by atoms with van der Waals surface area (Å²) in [6, 6.07) is 15.7. The number of piperidine rings is 1. The van der Waals surface area contributed by atoms with Crippen molar-refractivity contribution in [1.82, 2.24) is 14.9 Å². The van der Waals surface area contributed by atoms with Crippen LogP contribution in [0.4, 0.5) is 0 Å². The maximum atomic E-state index is 12.8. The molecular formula is C24H27N3O4S. The fraction of sp³-hybridized carbons (Fsp3) is 0.333. The van der Waals surface area contributed by atoms with E-state index < -0.39 is 10.0 Å². The van der Waals surface area contributed by atoms with Gasteiger partial charge in [-0.15, -0.1) is 6.42 Å². The van der Waals surface area contributed by atoms with Gasteiger partial charge in [0.05, 0.1) is 11.4 Å². The van der Waals surface area contributed by atoms with Crippen LogP contribution in [0.5, 0.6) is 0 Å². The van der Waals surface area contributed by atoms with E-state index in [4.69, 9.17) is 6.42 Å². The number of amides is 2. The van der Waals surface area contributed by atoms with E-state index in [9.17, 15) is 18.0 Å². The maximum absolute atomic E-state index is 12.8. The van der Waals surface area contributed by atoms with Crippen molar-refractivity contribution in [3.05, 3.63) is 65.7 Å². The minimum atomic E-state index is -3.69. The van der Waals surface area contributed by atoms with Crippen molar-refractivity contribution in [3.63, 3.8) is 0 Å². The molecule has 1 saturated heterocycles. The first-order chi connectivity index (χ1) is 15.4. The lowest BCUT2D eigenvalue weighted by Gasteiger charge is -2.32. The second-order valence-corrected chi connectivity index (χ2v) is 9.44. The van der Waals surface area contributed by atoms with Crippen LogP contribution in [0.25, 0.3) is 0 Å². The van der Waals surface area contributed by atoms with Crippen molar-refractivity contribution in [2.45, 2.75) is 36.6 Å². The smallest absolute Gasteiger partial charge is 0.253 e. The van der Waals surface area contributed by atoms with Crippen LogP contribution in [0.1, 0.15) is 35.2 Å². The predicted octanol–water partition coefficient (Wildman–Crippen LogP) is 1.95. The summed E-state index contributed by atoms with van der Waals surface area (Å²) in [5.74, 6) is 2.09. The Kier molecular flexibility index (Phi) is 8.03. The van der Waals surface area contributed by atoms with Crippen LogP contribution in [0.15, 0.2) is 59.5 Å². The third-order valence-corrected chi connectivity index (χ3v) is 6.82. The van der Waals surface area contributed by atoms with Gasteiger partial charge in [0.2, 0.25) is 15.9 Å². The van der Waals surface area contributed by atoms with Crippen LogP contribution in [0.3, 0.4) is 0 Å². The molecule has 2 N–H and O–H groups in total. The number of carbonyl (C=O) groups excluding carboxylic acids is 2. The lowest BCUT2D eigenvalue weighted by molar-refractivity contribution is -0.122. The molecule has 1 heterocycles. The lowest BCUT2D eigenvalue weighted by Crippen LogP contribution is -2.46. The first-order valence-corrected chi connectivity index (χ1v) is 12.0. The molecule has 2 aromatic rings. The highest BCUT2D eigenvalue weighted by molar-refractivity contribution is 7.89. The zero-order valence-electron chi connectivity index (χ0n) is 17.8. The zero-order valence-corrected chi connectivity index (χ0v) is 18.6. The molecule has 0 bridgehead atoms. The quantitative estimate of drug-likeness (QED) is 0.598. The summed E-state index contributed by atoms with van der Waals surface area (Å²) in [4.78, 5) is 26.8. The van der Waals surface area contributed by atoms with Crippen molar-refractivity contribution < 1.29 is 18.0 Å². The van der Waals surface area contributed by atoms with E-state index in [0.29, 0.717) is 44.3 Å². The molecule has 7 nitrogen and oxygen atoms in total. The third-order valence-electron chi connectivity index (χ3n) is 5.41. The second-order valence-electron chi connectivity index (χ2n) is 7.67. The monoisotopic (exact) mass is 453 g/mol. The van der Waals surface area contributed by atoms with Gasteiger partial charge in [-0.1, -0.05) is 36.3 Å². The summed E-state index contributed by atoms with van der Waals surface area (Å²) >= 11 is 0. The maximum Gasteiger partial charge on any atom is 0.253 e. The molecule has 168 valence electrons. The van der Waals surface area contributed by atoms with Crippen molar-refractivity contribution in [2.24, 2.45) is 0 Å². The molecule has 1 aliphatic heterocycles. The highest BCUT2D eigenvalue weighted by Crippen LogP contribution is 2.16. The Labute approximate surface area is 189 Å². The summed E-state index contributed by atoms with van der Waals surface area (Å²) in [6.07, 6.45) is 7.60. The molecule has 0 aliphatic carbocycles. The Morgan fingerprint density at radius 3 is 2.31 bits per heavy atom. The SMILES string of the molecule is C#CCNS(=O)(=O)c1ccc(C(=O)N2CCC(NC(=O)CCc3ccccc3)CC2)cc1. The van der Waals surface area contributed by atoms with Gasteiger partial charge in [-0.2, -0.15) is 4.72 Å². The fourth-order valence-corrected chi connectivity index (χ4v) is 4.54. The summed E-state index contributed by atoms with van der Waals surface area (Å²) in [7, 11) is -3.69. The Hall–Kier alpha value is -3.15. The van der Waals surface area contributed by atoms with E-state index >= 15 is 0 Å². The first kappa shape index (κ1) is 23.5. The molecule has 0 radical (unpaired) electrons. The number of likely N-dealkylation sites (tertiary alicyclic amines) is 1. The Morgan fingerprint density at radius 2 is 1.69 bits per heavy atom. The van der Waals surface area contributed by atoms with Crippen LogP contribution < -0.4 is 10.0 Å². The van der Waals surface area contributed by atoms with Gasteiger partial charge in [0.15, 0.2) is 0 Å². The summed E-state index contributed by atoms with van der Waals surface area (Å²) in [5, 5.41) is 3.06. The van der Waals surface area contributed by atoms with Crippen LogP contribution in [0.2, 0.25) is 0 Å². The summed E-state index contributed by atoms with van der Waals surface area (Å²) in [5.41, 5.74) is 1.56. The van der Waals surface area contributed by atoms with Gasteiger partial charge in [-0.3, -0.25) is 9.59 Å². The van der Waals surface area contributed by atoms with Gasteiger partial charge in [-0.25, -0.2) is 8.42 Å². The van der Waals surface area contributed by atoms with Crippen molar-refractivity contribution in [3.8, 4) is 12.3 Å². The average Bonchev–Trinajstić information content (AvgIpc) is 2.82. The Bertz CT molecular complexity index is 1070. The van der Waals surface area contributed by atoms with Crippen LogP contribution in [-0.4, -0.2) is 50.8 Å². The van der Waals surface area contributed by atoms with E-state index in [0.717, 1.165) is 5.56 Å². The number of hydrogen-bond donors (Lipinski definition) is 2. The Balaban J connectivity index is 1.47. The van der Waals surface area contributed by atoms with E-state index in [2.05, 4.69) is 16.0 Å². The number of sulfonamides is 1. The van der Waals surface area contributed by atoms with E-state index in [1.165, 1.54) is 24.3 Å². The first-order valence-electron chi connectivity index (χ1n) is 10.5. The number of nitrogens with one attached hydrogen (secondary N) is 2. The van der Waals surface area contributed by atoms with Crippen molar-refractivity contribution >= 4 is 21.8 Å². The van der Waals surface area contributed by atoms with Gasteiger partial charge in [0.1, 0.15) is 0 Å². The molecule has 0 spiro atoms. The minimum Gasteiger partial charge on any atom is -0.353 e. The van der Waals surface area contributed by atoms with Gasteiger partial charge < -0.3 is 10.2 Å². The van der Waals surface area contributed by atoms with E-state index in [1.807, 2.05) is 30.3 Å². The Morgan fingerprint density at radius 1 is 1.03 bits per heavy atom. The molecule has 0 aromatic heterocycles. The molecule has 3 rings (SSSR count). The third kappa shape index (κ3) is 6.42. The van der Waals surface area contributed by atoms with Gasteiger partial charge >= 0.3 is 0 Å². The molecular weight excluding hydrogens is 426 g/mol. The highest BCUT2D eigenvalue weighted by atomic mass is 32.2. The number of carbonyl (C=O) groups is 2. The largest absolute Gasteiger partial charge is 0.353 e. The number of aryl methyl sites for hydroxylation is 1. The number of benzene rings is 2. The van der Waals surface area contributed by atoms with Gasteiger partial charge in [-0.05, 0) is 49.1 Å². The summed E-state index contributed by atoms with van der Waals surface area (Å²) in [6.45, 7) is 0.971. The van der Waals surface area contributed by atoms with Gasteiger partial charge in [0, 0.05) is 31.1 Å². The molecule has 2 amide bonds.